The van der Waals surface area contributed by atoms with Crippen LogP contribution in [0.5, 0.6) is 69.0 Å². The number of fused-ring (bicyclic) bond motifs is 14. The fourth-order valence-electron chi connectivity index (χ4n) is 15.3. The van der Waals surface area contributed by atoms with Crippen molar-refractivity contribution in [1.29, 1.82) is 0 Å². The Morgan fingerprint density at radius 1 is 0.516 bits per heavy atom. The largest absolute Gasteiger partial charge is 0.508 e. The van der Waals surface area contributed by atoms with Gasteiger partial charge in [0.2, 0.25) is 65.6 Å². The fraction of sp³-hybridized carbons (Fsp3) is 0.412. The first kappa shape index (κ1) is 90.3. The van der Waals surface area contributed by atoms with E-state index in [0.29, 0.717) is 18.8 Å². The zero-order valence-corrected chi connectivity index (χ0v) is 68.3. The van der Waals surface area contributed by atoms with Crippen molar-refractivity contribution in [2.45, 2.75) is 175 Å². The Labute approximate surface area is 718 Å². The van der Waals surface area contributed by atoms with Crippen molar-refractivity contribution in [3.63, 3.8) is 0 Å². The second-order valence-electron chi connectivity index (χ2n) is 31.3. The molecule has 8 aliphatic rings. The molecule has 124 heavy (non-hydrogen) atoms. The highest BCUT2D eigenvalue weighted by molar-refractivity contribution is 6.32. The van der Waals surface area contributed by atoms with Crippen LogP contribution in [0.3, 0.4) is 0 Å². The highest BCUT2D eigenvalue weighted by Gasteiger charge is 2.49. The normalized spacial score (nSPS) is 25.7. The summed E-state index contributed by atoms with van der Waals surface area (Å²) < 4.78 is 44.8. The summed E-state index contributed by atoms with van der Waals surface area (Å²) in [6, 6.07) is 7.01. The Kier molecular flexibility index (Phi) is 28.9. The van der Waals surface area contributed by atoms with Gasteiger partial charge in [-0.3, -0.25) is 38.4 Å². The number of rotatable bonds is 21. The standard InChI is InChI=1S/C85H96Cl2N10O27/c1-37(2)8-5-3-4-6-9-63(105)93-70-73(108)71(106)61(35-99)122-84(70)124-76-59-30-43-31-60(76)120-56-17-11-39(23-50(56)87)25-52-78(112)97-69(80(114)90-19-7-18-89-20-21-98)48-33-45(102)34-58(121-85-75(110)74(109)72(107)62(36-100)123-85)64(48)47-28-41(13-14-53(47)103)66(81(115)92-52)95-83(117)68(43)96-82(116)67-42-26-44(101)32-46(27-42)118-57-29-40(12-15-54(57)104)65(88)79(113)91-51(77(111)94-67)24-38-10-16-55(119-59)49(86)22-38/h10-17,22-23,26-34,37,51-52,61-62,65-75,84-85,89,98-104,106-110H,3-9,18-21,24-25,35-36,88H2,1-2H3,(H,90,114)(H,91,113)(H,92,115)(H,93,105)(H,94,111)(H,95,117)(H,96,116)(H,97,112)/t51-,52+,61-,62-,65-,66-,67+,68-,69+,70-,71-,72-,73-,74+,75+,84+,85+/m1/s1. The predicted molar refractivity (Wildman–Crippen MR) is 438 cm³/mol. The third-order valence-electron chi connectivity index (χ3n) is 21.9. The number of hydrogen-bond donors (Lipinski definition) is 22. The molecule has 15 rings (SSSR count). The van der Waals surface area contributed by atoms with Crippen LogP contribution in [0.15, 0.2) is 115 Å². The smallest absolute Gasteiger partial charge is 0.248 e. The number of aromatic hydroxyl groups is 4. The molecule has 0 spiro atoms. The molecular weight excluding hydrogens is 1660 g/mol. The number of nitrogens with one attached hydrogen (secondary N) is 9. The predicted octanol–water partition coefficient (Wildman–Crippen LogP) is 2.56. The Morgan fingerprint density at radius 3 is 1.72 bits per heavy atom. The van der Waals surface area contributed by atoms with Crippen molar-refractivity contribution in [3.05, 3.63) is 164 Å². The van der Waals surface area contributed by atoms with Crippen LogP contribution in [-0.4, -0.2) is 221 Å². The lowest BCUT2D eigenvalue weighted by molar-refractivity contribution is -0.277. The summed E-state index contributed by atoms with van der Waals surface area (Å²) in [5, 5.41) is 158. The number of amides is 8. The number of carbonyl (C=O) groups excluding carboxylic acids is 8. The number of carbonyl (C=O) groups is 8. The van der Waals surface area contributed by atoms with Crippen LogP contribution < -0.4 is 77.3 Å². The first-order valence-electron chi connectivity index (χ1n) is 40.2. The lowest BCUT2D eigenvalue weighted by Crippen LogP contribution is -2.65. The van der Waals surface area contributed by atoms with Crippen LogP contribution in [-0.2, 0) is 60.7 Å². The third kappa shape index (κ3) is 20.7. The highest BCUT2D eigenvalue weighted by Crippen LogP contribution is 2.50. The zero-order valence-electron chi connectivity index (χ0n) is 66.8. The topological polar surface area (TPSA) is 578 Å². The van der Waals surface area contributed by atoms with Gasteiger partial charge in [-0.2, -0.15) is 0 Å². The van der Waals surface area contributed by atoms with Crippen LogP contribution >= 0.6 is 23.2 Å². The number of phenolic OH excluding ortho intramolecular Hbond substituents is 4. The van der Waals surface area contributed by atoms with Crippen LogP contribution in [0.4, 0.5) is 0 Å². The SMILES string of the molecule is CC(C)CCCCCCC(=O)N[C@H]1[C@H](Oc2c3cc4cc2Oc2ccc(cc2Cl)C[C@H]2NC(=O)[C@H](N)c5ccc(O)c(c5)Oc5cc(O)cc(c5)[C@H](NC2=O)C(=O)N[C@H]4C(=O)N[C@H]2C(=O)N[C@@H](Cc4ccc(c(Cl)c4)O3)C(=O)N[C@H](C(=O)NCCCNCCO)c3cc(O)cc(O[C@H]4O[C@H](CO)[C@@H](O)[C@H](O)[C@@H]4O)c3-c3cc2ccc3O)O[C@H](CO)[C@@H](O)[C@@H]1O. The molecule has 0 radical (unpaired) electrons. The Bertz CT molecular complexity index is 5160. The molecule has 0 unspecified atom stereocenters. The minimum Gasteiger partial charge on any atom is -0.508 e. The highest BCUT2D eigenvalue weighted by atomic mass is 35.5. The van der Waals surface area contributed by atoms with E-state index in [1.807, 2.05) is 0 Å². The van der Waals surface area contributed by atoms with Crippen molar-refractivity contribution in [3.8, 4) is 80.1 Å². The Morgan fingerprint density at radius 2 is 1.08 bits per heavy atom. The molecule has 7 aromatic rings. The quantitative estimate of drug-likeness (QED) is 0.0460. The van der Waals surface area contributed by atoms with E-state index in [9.17, 15) is 70.9 Å². The van der Waals surface area contributed by atoms with Gasteiger partial charge in [0.05, 0.1) is 29.9 Å². The number of benzene rings is 7. The number of hydrogen-bond acceptors (Lipinski definition) is 29. The minimum absolute atomic E-state index is 0.0685. The number of unbranched alkanes of at least 4 members (excludes halogenated alkanes) is 3. The van der Waals surface area contributed by atoms with E-state index in [4.69, 9.17) is 62.1 Å². The molecule has 2 fully saturated rings. The van der Waals surface area contributed by atoms with Crippen LogP contribution in [0.25, 0.3) is 11.1 Å². The molecule has 0 saturated carbocycles. The average Bonchev–Trinajstić information content (AvgIpc) is 0.753. The maximum absolute atomic E-state index is 16.8. The molecule has 0 aliphatic carbocycles. The lowest BCUT2D eigenvalue weighted by atomic mass is 9.89. The molecule has 8 heterocycles. The lowest BCUT2D eigenvalue weighted by Gasteiger charge is -2.42. The molecule has 0 aromatic heterocycles. The molecule has 39 heteroatoms. The number of aliphatic hydroxyl groups is 8. The van der Waals surface area contributed by atoms with Gasteiger partial charge in [-0.15, -0.1) is 0 Å². The van der Waals surface area contributed by atoms with Gasteiger partial charge in [-0.05, 0) is 143 Å². The van der Waals surface area contributed by atoms with E-state index in [2.05, 4.69) is 61.7 Å². The number of ether oxygens (including phenoxy) is 7. The molecule has 23 N–H and O–H groups in total. The average molecular weight is 1760 g/mol. The molecule has 37 nitrogen and oxygen atoms in total. The molecular formula is C85H96Cl2N10O27. The summed E-state index contributed by atoms with van der Waals surface area (Å²) in [5.74, 6) is -14.4. The van der Waals surface area contributed by atoms with E-state index in [0.717, 1.165) is 73.9 Å². The van der Waals surface area contributed by atoms with Gasteiger partial charge in [-0.1, -0.05) is 87.0 Å². The first-order valence-corrected chi connectivity index (χ1v) is 41.0. The fourth-order valence-corrected chi connectivity index (χ4v) is 15.8. The second kappa shape index (κ2) is 39.6. The van der Waals surface area contributed by atoms with E-state index >= 15 is 28.8 Å². The van der Waals surface area contributed by atoms with Gasteiger partial charge in [0, 0.05) is 55.6 Å². The minimum atomic E-state index is -2.36. The summed E-state index contributed by atoms with van der Waals surface area (Å²) >= 11 is 14.6. The summed E-state index contributed by atoms with van der Waals surface area (Å²) in [5.41, 5.74) is 4.67. The molecule has 2 saturated heterocycles. The monoisotopic (exact) mass is 1760 g/mol. The maximum atomic E-state index is 16.8. The summed E-state index contributed by atoms with van der Waals surface area (Å²) in [6.45, 7) is 2.42. The van der Waals surface area contributed by atoms with E-state index in [1.165, 1.54) is 60.7 Å². The molecule has 8 aliphatic heterocycles. The van der Waals surface area contributed by atoms with E-state index < -0.39 is 245 Å². The number of halogens is 2. The van der Waals surface area contributed by atoms with Gasteiger partial charge in [-0.25, -0.2) is 0 Å². The van der Waals surface area contributed by atoms with Crippen LogP contribution in [0.2, 0.25) is 10.0 Å². The van der Waals surface area contributed by atoms with Crippen molar-refractivity contribution in [1.82, 2.24) is 47.9 Å². The number of aliphatic hydroxyl groups excluding tert-OH is 8. The van der Waals surface area contributed by atoms with Crippen molar-refractivity contribution in [2.75, 3.05) is 39.5 Å². The molecule has 17 bridgehead atoms. The van der Waals surface area contributed by atoms with Crippen molar-refractivity contribution in [2.24, 2.45) is 11.7 Å². The molecule has 7 aromatic carbocycles. The molecule has 8 amide bonds. The molecule has 17 atom stereocenters. The first-order chi connectivity index (χ1) is 59.3. The summed E-state index contributed by atoms with van der Waals surface area (Å²) in [7, 11) is 0. The zero-order chi connectivity index (χ0) is 88.6. The Hall–Kier alpha value is -11.4. The van der Waals surface area contributed by atoms with Gasteiger partial charge in [0.15, 0.2) is 23.0 Å². The maximum Gasteiger partial charge on any atom is 0.248 e. The number of nitrogens with two attached hydrogens (primary N) is 1. The van der Waals surface area contributed by atoms with Crippen molar-refractivity contribution < 1.29 is 133 Å². The second-order valence-corrected chi connectivity index (χ2v) is 32.1. The van der Waals surface area contributed by atoms with Crippen molar-refractivity contribution >= 4 is 70.5 Å². The van der Waals surface area contributed by atoms with E-state index in [-0.39, 0.29) is 99.9 Å². The molecule has 662 valence electrons. The Balaban J connectivity index is 1.04. The van der Waals surface area contributed by atoms with Crippen LogP contribution in [0, 0.1) is 5.92 Å². The van der Waals surface area contributed by atoms with Gasteiger partial charge in [0.1, 0.15) is 131 Å². The third-order valence-corrected chi connectivity index (χ3v) is 22.5. The van der Waals surface area contributed by atoms with Crippen LogP contribution in [0.1, 0.15) is 128 Å². The summed E-state index contributed by atoms with van der Waals surface area (Å²) in [4.78, 5) is 124. The van der Waals surface area contributed by atoms with Gasteiger partial charge >= 0.3 is 0 Å². The van der Waals surface area contributed by atoms with Gasteiger partial charge < -0.3 is 148 Å². The summed E-state index contributed by atoms with van der Waals surface area (Å²) in [6.07, 6.45) is -14.4. The number of phenols is 4. The van der Waals surface area contributed by atoms with Gasteiger partial charge in [0.25, 0.3) is 0 Å². The van der Waals surface area contributed by atoms with E-state index in [1.54, 1.807) is 0 Å².